The molecule has 1 unspecified atom stereocenters. The van der Waals surface area contributed by atoms with Crippen molar-refractivity contribution in [2.24, 2.45) is 0 Å². The van der Waals surface area contributed by atoms with Crippen molar-refractivity contribution in [1.29, 1.82) is 0 Å². The van der Waals surface area contributed by atoms with Crippen LogP contribution >= 0.6 is 15.9 Å². The summed E-state index contributed by atoms with van der Waals surface area (Å²) in [6, 6.07) is 5.56. The fourth-order valence-electron chi connectivity index (χ4n) is 1.24. The lowest BCUT2D eigenvalue weighted by Gasteiger charge is -2.08. The molecular weight excluding hydrogens is 258 g/mol. The molecule has 0 amide bonds. The average Bonchev–Trinajstić information content (AvgIpc) is 2.18. The van der Waals surface area contributed by atoms with E-state index in [4.69, 9.17) is 5.11 Å². The summed E-state index contributed by atoms with van der Waals surface area (Å²) in [4.78, 5) is 0. The number of aliphatic hydroxyl groups is 1. The Morgan fingerprint density at radius 3 is 2.87 bits per heavy atom. The Morgan fingerprint density at radius 2 is 2.20 bits per heavy atom. The average molecular weight is 274 g/mol. The van der Waals surface area contributed by atoms with Crippen LogP contribution in [-0.2, 0) is 6.54 Å². The largest absolute Gasteiger partial charge is 0.506 e. The van der Waals surface area contributed by atoms with E-state index in [1.165, 1.54) is 0 Å². The highest BCUT2D eigenvalue weighted by Crippen LogP contribution is 2.27. The van der Waals surface area contributed by atoms with Gasteiger partial charge in [0.15, 0.2) is 0 Å². The van der Waals surface area contributed by atoms with Crippen LogP contribution in [0.15, 0.2) is 22.7 Å². The highest BCUT2D eigenvalue weighted by molar-refractivity contribution is 9.10. The van der Waals surface area contributed by atoms with Gasteiger partial charge in [0, 0.05) is 12.1 Å². The molecule has 1 aromatic carbocycles. The van der Waals surface area contributed by atoms with E-state index in [2.05, 4.69) is 21.2 Å². The lowest BCUT2D eigenvalue weighted by Crippen LogP contribution is -2.18. The Balaban J connectivity index is 2.41. The molecule has 0 aliphatic rings. The zero-order valence-corrected chi connectivity index (χ0v) is 10.3. The Labute approximate surface area is 98.3 Å². The van der Waals surface area contributed by atoms with Gasteiger partial charge in [-0.3, -0.25) is 0 Å². The molecule has 0 aliphatic heterocycles. The first kappa shape index (κ1) is 12.5. The quantitative estimate of drug-likeness (QED) is 0.720. The summed E-state index contributed by atoms with van der Waals surface area (Å²) in [5.41, 5.74) is 0.856. The van der Waals surface area contributed by atoms with E-state index in [0.717, 1.165) is 18.5 Å². The molecule has 0 spiro atoms. The van der Waals surface area contributed by atoms with Crippen molar-refractivity contribution in [3.05, 3.63) is 28.2 Å². The molecular formula is C11H16BrNO2. The number of rotatable bonds is 5. The summed E-state index contributed by atoms with van der Waals surface area (Å²) < 4.78 is 0.706. The van der Waals surface area contributed by atoms with Gasteiger partial charge in [0.1, 0.15) is 5.75 Å². The Kier molecular flexibility index (Phi) is 5.08. The molecule has 0 radical (unpaired) electrons. The molecule has 0 heterocycles. The molecule has 0 saturated heterocycles. The van der Waals surface area contributed by atoms with Crippen molar-refractivity contribution in [2.45, 2.75) is 26.0 Å². The zero-order chi connectivity index (χ0) is 11.3. The highest BCUT2D eigenvalue weighted by Gasteiger charge is 2.03. The van der Waals surface area contributed by atoms with E-state index in [9.17, 15) is 5.11 Å². The molecule has 1 atom stereocenters. The number of aliphatic hydroxyl groups excluding tert-OH is 1. The van der Waals surface area contributed by atoms with Gasteiger partial charge in [0.2, 0.25) is 0 Å². The molecule has 0 bridgehead atoms. The minimum absolute atomic E-state index is 0.280. The predicted octanol–water partition coefficient (Wildman–Crippen LogP) is 2.02. The second-order valence-electron chi connectivity index (χ2n) is 3.56. The summed E-state index contributed by atoms with van der Waals surface area (Å²) in [7, 11) is 0. The van der Waals surface area contributed by atoms with Crippen LogP contribution in [0.5, 0.6) is 5.75 Å². The Morgan fingerprint density at radius 1 is 1.47 bits per heavy atom. The van der Waals surface area contributed by atoms with Crippen LogP contribution in [0.3, 0.4) is 0 Å². The highest BCUT2D eigenvalue weighted by atomic mass is 79.9. The molecule has 3 N–H and O–H groups in total. The number of phenolic OH excluding ortho intramolecular Hbond substituents is 1. The predicted molar refractivity (Wildman–Crippen MR) is 63.8 cm³/mol. The van der Waals surface area contributed by atoms with Crippen molar-refractivity contribution >= 4 is 15.9 Å². The molecule has 3 nitrogen and oxygen atoms in total. The maximum Gasteiger partial charge on any atom is 0.134 e. The van der Waals surface area contributed by atoms with E-state index in [0.29, 0.717) is 11.0 Å². The third-order valence-electron chi connectivity index (χ3n) is 2.12. The third kappa shape index (κ3) is 4.20. The number of hydrogen-bond donors (Lipinski definition) is 3. The topological polar surface area (TPSA) is 52.5 Å². The maximum absolute atomic E-state index is 9.67. The lowest BCUT2D eigenvalue weighted by molar-refractivity contribution is 0.183. The van der Waals surface area contributed by atoms with Crippen LogP contribution in [-0.4, -0.2) is 22.9 Å². The van der Waals surface area contributed by atoms with Gasteiger partial charge in [-0.1, -0.05) is 12.1 Å². The number of aromatic hydroxyl groups is 1. The maximum atomic E-state index is 9.67. The first-order valence-corrected chi connectivity index (χ1v) is 5.75. The van der Waals surface area contributed by atoms with Crippen molar-refractivity contribution in [3.8, 4) is 5.75 Å². The van der Waals surface area contributed by atoms with Crippen molar-refractivity contribution in [3.63, 3.8) is 0 Å². The minimum Gasteiger partial charge on any atom is -0.506 e. The molecule has 15 heavy (non-hydrogen) atoms. The summed E-state index contributed by atoms with van der Waals surface area (Å²) in [5, 5.41) is 21.9. The summed E-state index contributed by atoms with van der Waals surface area (Å²) in [5.74, 6) is 0.280. The Bertz CT molecular complexity index is 315. The summed E-state index contributed by atoms with van der Waals surface area (Å²) in [6.45, 7) is 3.11. The van der Waals surface area contributed by atoms with Crippen LogP contribution in [0.25, 0.3) is 0 Å². The molecule has 1 aromatic rings. The third-order valence-corrected chi connectivity index (χ3v) is 2.76. The number of phenols is 1. The normalized spacial score (nSPS) is 12.7. The molecule has 84 valence electrons. The molecule has 4 heteroatoms. The van der Waals surface area contributed by atoms with Crippen LogP contribution in [0.2, 0.25) is 0 Å². The van der Waals surface area contributed by atoms with Gasteiger partial charge < -0.3 is 15.5 Å². The first-order chi connectivity index (χ1) is 7.11. The van der Waals surface area contributed by atoms with Gasteiger partial charge >= 0.3 is 0 Å². The Hall–Kier alpha value is -0.580. The van der Waals surface area contributed by atoms with Gasteiger partial charge in [-0.25, -0.2) is 0 Å². The molecule has 1 rings (SSSR count). The van der Waals surface area contributed by atoms with E-state index in [1.807, 2.05) is 12.1 Å². The SMILES string of the molecule is CC(O)CCNCc1cccc(Br)c1O. The second-order valence-corrected chi connectivity index (χ2v) is 4.42. The zero-order valence-electron chi connectivity index (χ0n) is 8.70. The van der Waals surface area contributed by atoms with Gasteiger partial charge in [0.05, 0.1) is 10.6 Å². The molecule has 0 aliphatic carbocycles. The molecule has 0 aromatic heterocycles. The summed E-state index contributed by atoms with van der Waals surface area (Å²) in [6.07, 6.45) is 0.433. The lowest BCUT2D eigenvalue weighted by atomic mass is 10.2. The smallest absolute Gasteiger partial charge is 0.134 e. The van der Waals surface area contributed by atoms with Crippen LogP contribution in [0.1, 0.15) is 18.9 Å². The monoisotopic (exact) mass is 273 g/mol. The van der Waals surface area contributed by atoms with Crippen molar-refractivity contribution in [1.82, 2.24) is 5.32 Å². The number of para-hydroxylation sites is 1. The first-order valence-electron chi connectivity index (χ1n) is 4.96. The molecule has 0 saturated carbocycles. The fraction of sp³-hybridized carbons (Fsp3) is 0.455. The van der Waals surface area contributed by atoms with E-state index < -0.39 is 0 Å². The van der Waals surface area contributed by atoms with Crippen molar-refractivity contribution in [2.75, 3.05) is 6.54 Å². The van der Waals surface area contributed by atoms with Crippen LogP contribution in [0, 0.1) is 0 Å². The summed E-state index contributed by atoms with van der Waals surface area (Å²) >= 11 is 3.26. The van der Waals surface area contributed by atoms with E-state index >= 15 is 0 Å². The number of nitrogens with one attached hydrogen (secondary N) is 1. The van der Waals surface area contributed by atoms with Gasteiger partial charge in [-0.05, 0) is 41.9 Å². The van der Waals surface area contributed by atoms with Crippen molar-refractivity contribution < 1.29 is 10.2 Å². The minimum atomic E-state index is -0.284. The second kappa shape index (κ2) is 6.10. The van der Waals surface area contributed by atoms with Crippen LogP contribution in [0.4, 0.5) is 0 Å². The van der Waals surface area contributed by atoms with E-state index in [-0.39, 0.29) is 11.9 Å². The number of halogens is 1. The number of hydrogen-bond acceptors (Lipinski definition) is 3. The van der Waals surface area contributed by atoms with E-state index in [1.54, 1.807) is 13.0 Å². The standard InChI is InChI=1S/C11H16BrNO2/c1-8(14)5-6-13-7-9-3-2-4-10(12)11(9)15/h2-4,8,13-15H,5-7H2,1H3. The van der Waals surface area contributed by atoms with Gasteiger partial charge in [-0.2, -0.15) is 0 Å². The molecule has 0 fully saturated rings. The fourth-order valence-corrected chi connectivity index (χ4v) is 1.64. The number of benzene rings is 1. The van der Waals surface area contributed by atoms with Gasteiger partial charge in [-0.15, -0.1) is 0 Å². The van der Waals surface area contributed by atoms with Gasteiger partial charge in [0.25, 0.3) is 0 Å². The van der Waals surface area contributed by atoms with Crippen LogP contribution < -0.4 is 5.32 Å².